The van der Waals surface area contributed by atoms with Gasteiger partial charge in [-0.2, -0.15) is 0 Å². The third-order valence-electron chi connectivity index (χ3n) is 6.35. The van der Waals surface area contributed by atoms with Gasteiger partial charge in [0.2, 0.25) is 0 Å². The van der Waals surface area contributed by atoms with Gasteiger partial charge in [0.1, 0.15) is 0 Å². The Morgan fingerprint density at radius 1 is 1.24 bits per heavy atom. The van der Waals surface area contributed by atoms with Gasteiger partial charge < -0.3 is 5.11 Å². The number of rotatable bonds is 0. The Bertz CT molecular complexity index is 317. The third-order valence-corrected chi connectivity index (χ3v) is 6.35. The van der Waals surface area contributed by atoms with E-state index in [0.717, 1.165) is 30.3 Å². The molecule has 1 spiro atoms. The van der Waals surface area contributed by atoms with E-state index >= 15 is 0 Å². The van der Waals surface area contributed by atoms with E-state index in [1.165, 1.54) is 32.1 Å². The highest BCUT2D eigenvalue weighted by Gasteiger charge is 2.63. The number of fused-ring (bicyclic) bond motifs is 1. The van der Waals surface area contributed by atoms with E-state index in [-0.39, 0.29) is 0 Å². The molecule has 0 aromatic carbocycles. The fraction of sp³-hybridized carbons (Fsp3) is 0.875. The second-order valence-corrected chi connectivity index (χ2v) is 7.00. The van der Waals surface area contributed by atoms with Gasteiger partial charge in [0.05, 0.1) is 0 Å². The molecule has 0 aromatic heterocycles. The zero-order valence-corrected chi connectivity index (χ0v) is 11.9. The van der Waals surface area contributed by atoms with Gasteiger partial charge in [-0.15, -0.1) is 0 Å². The SMILES string of the molecule is C=C1CCC23CC1C(C)(C)C2CCC3C.CO. The van der Waals surface area contributed by atoms with Gasteiger partial charge >= 0.3 is 0 Å². The summed E-state index contributed by atoms with van der Waals surface area (Å²) in [7, 11) is 1.00. The van der Waals surface area contributed by atoms with Crippen molar-refractivity contribution in [2.24, 2.45) is 28.6 Å². The molecule has 0 aliphatic heterocycles. The van der Waals surface area contributed by atoms with Crippen molar-refractivity contribution in [3.05, 3.63) is 12.2 Å². The molecule has 0 radical (unpaired) electrons. The highest BCUT2D eigenvalue weighted by Crippen LogP contribution is 2.72. The van der Waals surface area contributed by atoms with Crippen molar-refractivity contribution in [3.8, 4) is 0 Å². The van der Waals surface area contributed by atoms with Crippen LogP contribution in [0.15, 0.2) is 12.2 Å². The fourth-order valence-corrected chi connectivity index (χ4v) is 5.44. The third kappa shape index (κ3) is 1.54. The molecule has 0 amide bonds. The van der Waals surface area contributed by atoms with Gasteiger partial charge in [0.25, 0.3) is 0 Å². The average molecular weight is 236 g/mol. The van der Waals surface area contributed by atoms with Gasteiger partial charge in [-0.1, -0.05) is 32.9 Å². The van der Waals surface area contributed by atoms with E-state index in [0.29, 0.717) is 5.41 Å². The standard InChI is InChI=1S/C15H24.CH4O/c1-10-7-8-15-9-12(10)14(3,4)13(15)6-5-11(15)2;1-2/h11-13H,1,5-9H2,2-4H3;2H,1H3. The topological polar surface area (TPSA) is 20.2 Å². The van der Waals surface area contributed by atoms with Crippen LogP contribution < -0.4 is 0 Å². The molecule has 2 bridgehead atoms. The van der Waals surface area contributed by atoms with Gasteiger partial charge in [-0.3, -0.25) is 0 Å². The summed E-state index contributed by atoms with van der Waals surface area (Å²) in [5.41, 5.74) is 2.82. The van der Waals surface area contributed by atoms with Crippen LogP contribution in [0.2, 0.25) is 0 Å². The maximum absolute atomic E-state index is 7.00. The summed E-state index contributed by atoms with van der Waals surface area (Å²) in [4.78, 5) is 0. The molecule has 3 aliphatic carbocycles. The summed E-state index contributed by atoms with van der Waals surface area (Å²) in [6, 6.07) is 0. The van der Waals surface area contributed by atoms with Crippen LogP contribution in [0, 0.1) is 28.6 Å². The summed E-state index contributed by atoms with van der Waals surface area (Å²) in [6.45, 7) is 11.9. The largest absolute Gasteiger partial charge is 0.400 e. The average Bonchev–Trinajstić information content (AvgIpc) is 2.72. The highest BCUT2D eigenvalue weighted by molar-refractivity contribution is 5.23. The molecule has 17 heavy (non-hydrogen) atoms. The molecule has 4 atom stereocenters. The molecule has 0 aromatic rings. The quantitative estimate of drug-likeness (QED) is 0.630. The lowest BCUT2D eigenvalue weighted by Crippen LogP contribution is -2.30. The summed E-state index contributed by atoms with van der Waals surface area (Å²) < 4.78 is 0. The van der Waals surface area contributed by atoms with Crippen molar-refractivity contribution < 1.29 is 5.11 Å². The molecule has 3 aliphatic rings. The van der Waals surface area contributed by atoms with Crippen molar-refractivity contribution in [2.75, 3.05) is 7.11 Å². The first kappa shape index (κ1) is 13.1. The Morgan fingerprint density at radius 3 is 2.53 bits per heavy atom. The monoisotopic (exact) mass is 236 g/mol. The van der Waals surface area contributed by atoms with Gasteiger partial charge in [0, 0.05) is 7.11 Å². The molecular weight excluding hydrogens is 208 g/mol. The van der Waals surface area contributed by atoms with Crippen molar-refractivity contribution in [3.63, 3.8) is 0 Å². The molecule has 98 valence electrons. The van der Waals surface area contributed by atoms with Gasteiger partial charge in [-0.05, 0) is 60.7 Å². The minimum Gasteiger partial charge on any atom is -0.400 e. The first-order valence-electron chi connectivity index (χ1n) is 7.11. The molecule has 1 heteroatoms. The molecule has 3 saturated carbocycles. The molecule has 3 fully saturated rings. The molecule has 3 rings (SSSR count). The van der Waals surface area contributed by atoms with Gasteiger partial charge in [-0.25, -0.2) is 0 Å². The summed E-state index contributed by atoms with van der Waals surface area (Å²) in [5.74, 6) is 2.79. The van der Waals surface area contributed by atoms with E-state index < -0.39 is 0 Å². The van der Waals surface area contributed by atoms with E-state index in [2.05, 4.69) is 27.4 Å². The molecule has 1 nitrogen and oxygen atoms in total. The molecule has 0 saturated heterocycles. The van der Waals surface area contributed by atoms with E-state index in [1.54, 1.807) is 5.57 Å². The Balaban J connectivity index is 0.000000514. The van der Waals surface area contributed by atoms with Crippen LogP contribution >= 0.6 is 0 Å². The van der Waals surface area contributed by atoms with Crippen LogP contribution in [0.25, 0.3) is 0 Å². The number of allylic oxidation sites excluding steroid dienone is 1. The van der Waals surface area contributed by atoms with E-state index in [4.69, 9.17) is 5.11 Å². The summed E-state index contributed by atoms with van der Waals surface area (Å²) in [6.07, 6.45) is 7.18. The van der Waals surface area contributed by atoms with Gasteiger partial charge in [0.15, 0.2) is 0 Å². The zero-order valence-electron chi connectivity index (χ0n) is 11.9. The molecule has 0 heterocycles. The minimum absolute atomic E-state index is 0.540. The molecule has 4 unspecified atom stereocenters. The van der Waals surface area contributed by atoms with E-state index in [9.17, 15) is 0 Å². The van der Waals surface area contributed by atoms with Crippen molar-refractivity contribution in [2.45, 2.75) is 52.9 Å². The minimum atomic E-state index is 0.540. The molecular formula is C16H28O. The lowest BCUT2D eigenvalue weighted by molar-refractivity contribution is 0.118. The Hall–Kier alpha value is -0.300. The predicted octanol–water partition coefficient (Wildman–Crippen LogP) is 4.02. The number of aliphatic hydroxyl groups excluding tert-OH is 1. The van der Waals surface area contributed by atoms with E-state index in [1.807, 2.05) is 0 Å². The van der Waals surface area contributed by atoms with Crippen LogP contribution in [0.1, 0.15) is 52.9 Å². The van der Waals surface area contributed by atoms with Crippen LogP contribution in [0.3, 0.4) is 0 Å². The maximum atomic E-state index is 7.00. The number of hydrogen-bond acceptors (Lipinski definition) is 1. The Kier molecular flexibility index (Phi) is 3.18. The van der Waals surface area contributed by atoms with Crippen molar-refractivity contribution in [1.82, 2.24) is 0 Å². The fourth-order valence-electron chi connectivity index (χ4n) is 5.44. The first-order chi connectivity index (χ1) is 7.98. The Labute approximate surface area is 106 Å². The lowest BCUT2D eigenvalue weighted by Gasteiger charge is -2.38. The first-order valence-corrected chi connectivity index (χ1v) is 7.11. The highest BCUT2D eigenvalue weighted by atomic mass is 16.2. The maximum Gasteiger partial charge on any atom is 0.0319 e. The van der Waals surface area contributed by atoms with Crippen LogP contribution in [-0.2, 0) is 0 Å². The summed E-state index contributed by atoms with van der Waals surface area (Å²) >= 11 is 0. The zero-order chi connectivity index (χ0) is 12.8. The van der Waals surface area contributed by atoms with Crippen molar-refractivity contribution >= 4 is 0 Å². The van der Waals surface area contributed by atoms with Crippen LogP contribution in [0.4, 0.5) is 0 Å². The normalized spacial score (nSPS) is 46.2. The van der Waals surface area contributed by atoms with Crippen LogP contribution in [-0.4, -0.2) is 12.2 Å². The number of aliphatic hydroxyl groups is 1. The Morgan fingerprint density at radius 2 is 1.88 bits per heavy atom. The summed E-state index contributed by atoms with van der Waals surface area (Å²) in [5, 5.41) is 7.00. The second kappa shape index (κ2) is 4.12. The second-order valence-electron chi connectivity index (χ2n) is 7.00. The van der Waals surface area contributed by atoms with Crippen molar-refractivity contribution in [1.29, 1.82) is 0 Å². The number of hydrogen-bond donors (Lipinski definition) is 1. The predicted molar refractivity (Wildman–Crippen MR) is 72.7 cm³/mol. The lowest BCUT2D eigenvalue weighted by atomic mass is 9.67. The molecule has 1 N–H and O–H groups in total. The smallest absolute Gasteiger partial charge is 0.0319 e. The van der Waals surface area contributed by atoms with Crippen LogP contribution in [0.5, 0.6) is 0 Å².